The lowest BCUT2D eigenvalue weighted by Crippen LogP contribution is -2.02. The van der Waals surface area contributed by atoms with Gasteiger partial charge in [-0.25, -0.2) is 0 Å². The molecule has 0 heterocycles. The second-order valence-electron chi connectivity index (χ2n) is 4.63. The molecule has 0 bridgehead atoms. The van der Waals surface area contributed by atoms with Gasteiger partial charge in [0.1, 0.15) is 0 Å². The molecular formula is C12H18. The van der Waals surface area contributed by atoms with Crippen LogP contribution in [0.4, 0.5) is 0 Å². The number of fused-ring (bicyclic) bond motifs is 1. The predicted octanol–water partition coefficient (Wildman–Crippen LogP) is 3.55. The van der Waals surface area contributed by atoms with Crippen LogP contribution in [-0.4, -0.2) is 0 Å². The molecule has 3 atom stereocenters. The van der Waals surface area contributed by atoms with Crippen LogP contribution in [0.2, 0.25) is 0 Å². The Kier molecular flexibility index (Phi) is 1.67. The van der Waals surface area contributed by atoms with Gasteiger partial charge in [0.2, 0.25) is 0 Å². The van der Waals surface area contributed by atoms with Crippen LogP contribution in [0.3, 0.4) is 0 Å². The van der Waals surface area contributed by atoms with Gasteiger partial charge in [-0.2, -0.15) is 0 Å². The molecule has 1 saturated carbocycles. The second kappa shape index (κ2) is 2.48. The van der Waals surface area contributed by atoms with Gasteiger partial charge in [0.25, 0.3) is 0 Å². The van der Waals surface area contributed by atoms with E-state index in [1.165, 1.54) is 12.8 Å². The molecule has 0 aliphatic heterocycles. The molecule has 1 fully saturated rings. The van der Waals surface area contributed by atoms with Crippen molar-refractivity contribution in [2.24, 2.45) is 17.3 Å². The zero-order chi connectivity index (χ0) is 8.77. The highest BCUT2D eigenvalue weighted by Gasteiger charge is 2.47. The first kappa shape index (κ1) is 8.10. The summed E-state index contributed by atoms with van der Waals surface area (Å²) in [5.74, 6) is 1.62. The van der Waals surface area contributed by atoms with E-state index in [1.807, 2.05) is 0 Å². The largest absolute Gasteiger partial charge is 0.0777 e. The minimum atomic E-state index is 0.553. The van der Waals surface area contributed by atoms with E-state index in [0.29, 0.717) is 5.41 Å². The molecule has 12 heavy (non-hydrogen) atoms. The van der Waals surface area contributed by atoms with E-state index < -0.39 is 0 Å². The summed E-state index contributed by atoms with van der Waals surface area (Å²) in [4.78, 5) is 0. The molecule has 0 aromatic carbocycles. The van der Waals surface area contributed by atoms with Crippen LogP contribution < -0.4 is 0 Å². The van der Waals surface area contributed by atoms with Gasteiger partial charge in [-0.3, -0.25) is 0 Å². The molecule has 0 amide bonds. The lowest BCUT2D eigenvalue weighted by molar-refractivity contribution is 0.632. The third-order valence-corrected chi connectivity index (χ3v) is 3.58. The average Bonchev–Trinajstić information content (AvgIpc) is 2.73. The lowest BCUT2D eigenvalue weighted by atomic mass is 9.90. The Morgan fingerprint density at radius 2 is 2.42 bits per heavy atom. The maximum atomic E-state index is 2.49. The number of allylic oxidation sites excluding steroid dienone is 4. The van der Waals surface area contributed by atoms with Crippen LogP contribution in [0.15, 0.2) is 23.8 Å². The van der Waals surface area contributed by atoms with Gasteiger partial charge in [-0.1, -0.05) is 39.0 Å². The van der Waals surface area contributed by atoms with E-state index in [-0.39, 0.29) is 0 Å². The molecule has 0 aromatic heterocycles. The van der Waals surface area contributed by atoms with Gasteiger partial charge in [0, 0.05) is 0 Å². The van der Waals surface area contributed by atoms with Crippen molar-refractivity contribution in [1.29, 1.82) is 0 Å². The maximum Gasteiger partial charge on any atom is -0.00741 e. The Hall–Kier alpha value is -0.520. The molecule has 2 rings (SSSR count). The fraction of sp³-hybridized carbons (Fsp3) is 0.667. The first-order valence-corrected chi connectivity index (χ1v) is 5.06. The predicted molar refractivity (Wildman–Crippen MR) is 52.9 cm³/mol. The van der Waals surface area contributed by atoms with Crippen LogP contribution in [0.1, 0.15) is 33.6 Å². The van der Waals surface area contributed by atoms with Crippen LogP contribution in [0, 0.1) is 17.3 Å². The summed E-state index contributed by atoms with van der Waals surface area (Å²) in [6.07, 6.45) is 9.90. The fourth-order valence-corrected chi connectivity index (χ4v) is 1.99. The molecule has 0 saturated heterocycles. The van der Waals surface area contributed by atoms with Crippen molar-refractivity contribution in [3.63, 3.8) is 0 Å². The molecular weight excluding hydrogens is 144 g/mol. The van der Waals surface area contributed by atoms with Gasteiger partial charge in [0.05, 0.1) is 0 Å². The van der Waals surface area contributed by atoms with Crippen LogP contribution >= 0.6 is 0 Å². The molecule has 2 aliphatic rings. The van der Waals surface area contributed by atoms with Crippen molar-refractivity contribution < 1.29 is 0 Å². The van der Waals surface area contributed by atoms with E-state index in [0.717, 1.165) is 11.8 Å². The third-order valence-electron chi connectivity index (χ3n) is 3.58. The average molecular weight is 162 g/mol. The molecule has 0 heteroatoms. The minimum Gasteiger partial charge on any atom is -0.0777 e. The van der Waals surface area contributed by atoms with E-state index in [1.54, 1.807) is 5.57 Å². The molecule has 0 radical (unpaired) electrons. The Bertz CT molecular complexity index is 247. The third kappa shape index (κ3) is 1.14. The Morgan fingerprint density at radius 3 is 3.00 bits per heavy atom. The zero-order valence-corrected chi connectivity index (χ0v) is 8.30. The molecule has 0 N–H and O–H groups in total. The van der Waals surface area contributed by atoms with Crippen molar-refractivity contribution in [3.8, 4) is 0 Å². The van der Waals surface area contributed by atoms with Crippen LogP contribution in [0.5, 0.6) is 0 Å². The second-order valence-corrected chi connectivity index (χ2v) is 4.63. The lowest BCUT2D eigenvalue weighted by Gasteiger charge is -2.15. The van der Waals surface area contributed by atoms with E-state index in [4.69, 9.17) is 0 Å². The van der Waals surface area contributed by atoms with Gasteiger partial charge < -0.3 is 0 Å². The number of rotatable bonds is 2. The zero-order valence-electron chi connectivity index (χ0n) is 8.30. The summed E-state index contributed by atoms with van der Waals surface area (Å²) >= 11 is 0. The Balaban J connectivity index is 2.12. The smallest absolute Gasteiger partial charge is 0.00741 e. The van der Waals surface area contributed by atoms with Crippen molar-refractivity contribution in [2.45, 2.75) is 33.6 Å². The van der Waals surface area contributed by atoms with E-state index >= 15 is 0 Å². The highest BCUT2D eigenvalue weighted by Crippen LogP contribution is 2.57. The van der Waals surface area contributed by atoms with Crippen LogP contribution in [0.25, 0.3) is 0 Å². The first-order valence-electron chi connectivity index (χ1n) is 5.06. The standard InChI is InChI=1S/C12H18/c1-4-9(2)10-5-6-12(3)8-11(12)7-10/h5-7,9,11H,4,8H2,1-3H3. The highest BCUT2D eigenvalue weighted by atomic mass is 14.5. The van der Waals surface area contributed by atoms with Gasteiger partial charge in [-0.15, -0.1) is 0 Å². The van der Waals surface area contributed by atoms with Gasteiger partial charge in [0.15, 0.2) is 0 Å². The highest BCUT2D eigenvalue weighted by molar-refractivity contribution is 5.35. The van der Waals surface area contributed by atoms with Crippen LogP contribution in [-0.2, 0) is 0 Å². The summed E-state index contributed by atoms with van der Waals surface area (Å²) in [5.41, 5.74) is 2.12. The Labute approximate surface area is 75.4 Å². The maximum absolute atomic E-state index is 2.49. The summed E-state index contributed by atoms with van der Waals surface area (Å²) in [6.45, 7) is 6.94. The molecule has 2 aliphatic carbocycles. The topological polar surface area (TPSA) is 0 Å². The summed E-state index contributed by atoms with van der Waals surface area (Å²) in [7, 11) is 0. The molecule has 3 unspecified atom stereocenters. The summed E-state index contributed by atoms with van der Waals surface area (Å²) < 4.78 is 0. The monoisotopic (exact) mass is 162 g/mol. The van der Waals surface area contributed by atoms with Crippen molar-refractivity contribution >= 4 is 0 Å². The summed E-state index contributed by atoms with van der Waals surface area (Å²) in [6, 6.07) is 0. The van der Waals surface area contributed by atoms with Crippen molar-refractivity contribution in [3.05, 3.63) is 23.8 Å². The molecule has 0 nitrogen and oxygen atoms in total. The van der Waals surface area contributed by atoms with Gasteiger partial charge in [-0.05, 0) is 35.7 Å². The quantitative estimate of drug-likeness (QED) is 0.582. The van der Waals surface area contributed by atoms with Crippen molar-refractivity contribution in [2.75, 3.05) is 0 Å². The SMILES string of the molecule is CCC(C)C1=CC2CC2(C)C=C1. The normalized spacial score (nSPS) is 40.2. The Morgan fingerprint density at radius 1 is 1.67 bits per heavy atom. The first-order chi connectivity index (χ1) is 5.65. The molecule has 66 valence electrons. The summed E-state index contributed by atoms with van der Waals surface area (Å²) in [5, 5.41) is 0. The van der Waals surface area contributed by atoms with E-state index in [2.05, 4.69) is 39.0 Å². The minimum absolute atomic E-state index is 0.553. The number of hydrogen-bond donors (Lipinski definition) is 0. The fourth-order valence-electron chi connectivity index (χ4n) is 1.99. The van der Waals surface area contributed by atoms with Crippen molar-refractivity contribution in [1.82, 2.24) is 0 Å². The molecule has 0 aromatic rings. The molecule has 0 spiro atoms. The number of hydrogen-bond acceptors (Lipinski definition) is 0. The van der Waals surface area contributed by atoms with E-state index in [9.17, 15) is 0 Å². The van der Waals surface area contributed by atoms with Gasteiger partial charge >= 0.3 is 0 Å².